The van der Waals surface area contributed by atoms with Crippen LogP contribution in [0, 0.1) is 0 Å². The predicted octanol–water partition coefficient (Wildman–Crippen LogP) is 11.3. The Kier molecular flexibility index (Phi) is 8.18. The molecule has 0 unspecified atom stereocenters. The molecule has 0 bridgehead atoms. The van der Waals surface area contributed by atoms with E-state index < -0.39 is 7.49 Å². The van der Waals surface area contributed by atoms with Crippen molar-refractivity contribution in [3.05, 3.63) is 212 Å². The SMILES string of the molecule is O[PH](c1ccccc1)(c1ccccc1)c1ccc2cc(-c3ccc(-c4nn(-c5ccccc5)c5c4c(-c4ccccc4)cc4ccccc45)cc3)ccc2c1. The van der Waals surface area contributed by atoms with Gasteiger partial charge in [0, 0.05) is 5.39 Å². The minimum atomic E-state index is -3.20. The number of hydrogen-bond donors (Lipinski definition) is 1. The molecule has 0 saturated carbocycles. The van der Waals surface area contributed by atoms with E-state index in [0.717, 1.165) is 71.2 Å². The van der Waals surface area contributed by atoms with Gasteiger partial charge in [-0.25, -0.2) is 4.68 Å². The summed E-state index contributed by atoms with van der Waals surface area (Å²) in [6.45, 7) is 0. The van der Waals surface area contributed by atoms with Crippen molar-refractivity contribution in [1.29, 1.82) is 0 Å². The van der Waals surface area contributed by atoms with Gasteiger partial charge in [0.25, 0.3) is 0 Å². The zero-order valence-corrected chi connectivity index (χ0v) is 31.0. The third kappa shape index (κ3) is 5.73. The van der Waals surface area contributed by atoms with Crippen LogP contribution >= 0.6 is 7.49 Å². The Morgan fingerprint density at radius 2 is 0.945 bits per heavy atom. The predicted molar refractivity (Wildman–Crippen MR) is 235 cm³/mol. The van der Waals surface area contributed by atoms with E-state index in [1.54, 1.807) is 0 Å². The van der Waals surface area contributed by atoms with Gasteiger partial charge in [-0.2, -0.15) is 0 Å². The molecular weight excluding hydrogens is 688 g/mol. The van der Waals surface area contributed by atoms with E-state index >= 15 is 0 Å². The molecule has 4 heteroatoms. The van der Waals surface area contributed by atoms with Crippen LogP contribution in [-0.2, 0) is 0 Å². The average molecular weight is 725 g/mol. The van der Waals surface area contributed by atoms with Crippen LogP contribution in [0.5, 0.6) is 0 Å². The molecule has 0 saturated heterocycles. The Morgan fingerprint density at radius 3 is 1.64 bits per heavy atom. The van der Waals surface area contributed by atoms with Gasteiger partial charge in [-0.1, -0.05) is 72.8 Å². The third-order valence-electron chi connectivity index (χ3n) is 10.9. The van der Waals surface area contributed by atoms with Crippen LogP contribution in [0.15, 0.2) is 212 Å². The van der Waals surface area contributed by atoms with E-state index in [2.05, 4.69) is 175 Å². The van der Waals surface area contributed by atoms with Crippen molar-refractivity contribution in [3.8, 4) is 39.2 Å². The quantitative estimate of drug-likeness (QED) is 0.166. The minimum absolute atomic E-state index is 0.953. The molecule has 1 heterocycles. The Balaban J connectivity index is 1.07. The molecule has 9 aromatic carbocycles. The van der Waals surface area contributed by atoms with E-state index in [4.69, 9.17) is 5.10 Å². The van der Waals surface area contributed by atoms with Crippen LogP contribution < -0.4 is 15.9 Å². The summed E-state index contributed by atoms with van der Waals surface area (Å²) < 4.78 is 2.12. The molecule has 0 amide bonds. The van der Waals surface area contributed by atoms with Crippen molar-refractivity contribution in [1.82, 2.24) is 9.78 Å². The standard InChI is InChI=1S/C51H37N2OP/c54-55(44-20-9-3-10-21-44,45-22-11-4-12-23-45)46-32-31-40-33-39(29-30-41(40)34-46)36-25-27-38(28-26-36)50-49-48(37-15-5-1-6-16-37)35-42-17-13-14-24-47(42)51(49)53(52-50)43-18-7-2-8-19-43/h1-35,54-55H. The molecule has 0 radical (unpaired) electrons. The van der Waals surface area contributed by atoms with Crippen LogP contribution in [0.4, 0.5) is 0 Å². The summed E-state index contributed by atoms with van der Waals surface area (Å²) in [6, 6.07) is 74.1. The molecule has 1 N–H and O–H groups in total. The first-order valence-electron chi connectivity index (χ1n) is 18.7. The van der Waals surface area contributed by atoms with Gasteiger partial charge in [0.1, 0.15) is 0 Å². The van der Waals surface area contributed by atoms with E-state index in [1.807, 2.05) is 42.5 Å². The summed E-state index contributed by atoms with van der Waals surface area (Å²) in [5, 5.41) is 14.0. The number of hydrogen-bond acceptors (Lipinski definition) is 2. The molecule has 0 aliphatic rings. The molecule has 10 rings (SSSR count). The van der Waals surface area contributed by atoms with E-state index in [-0.39, 0.29) is 0 Å². The monoisotopic (exact) mass is 724 g/mol. The van der Waals surface area contributed by atoms with Crippen molar-refractivity contribution in [3.63, 3.8) is 0 Å². The van der Waals surface area contributed by atoms with Gasteiger partial charge in [0.15, 0.2) is 0 Å². The third-order valence-corrected chi connectivity index (χ3v) is 14.4. The summed E-state index contributed by atoms with van der Waals surface area (Å²) in [4.78, 5) is 12.5. The Labute approximate surface area is 320 Å². The Morgan fingerprint density at radius 1 is 0.400 bits per heavy atom. The van der Waals surface area contributed by atoms with Gasteiger partial charge >= 0.3 is 193 Å². The molecule has 55 heavy (non-hydrogen) atoms. The van der Waals surface area contributed by atoms with Crippen molar-refractivity contribution in [2.45, 2.75) is 0 Å². The summed E-state index contributed by atoms with van der Waals surface area (Å²) >= 11 is 0. The van der Waals surface area contributed by atoms with Crippen molar-refractivity contribution in [2.24, 2.45) is 0 Å². The molecule has 10 aromatic rings. The Hall–Kier alpha value is -6.64. The molecule has 0 atom stereocenters. The number of benzene rings is 9. The van der Waals surface area contributed by atoms with Crippen LogP contribution in [0.25, 0.3) is 71.6 Å². The second kappa shape index (κ2) is 13.6. The molecule has 0 fully saturated rings. The second-order valence-corrected chi connectivity index (χ2v) is 17.3. The van der Waals surface area contributed by atoms with E-state index in [9.17, 15) is 4.89 Å². The van der Waals surface area contributed by atoms with Crippen LogP contribution in [0.2, 0.25) is 0 Å². The molecule has 1 aromatic heterocycles. The molecule has 0 aliphatic heterocycles. The summed E-state index contributed by atoms with van der Waals surface area (Å²) in [7, 11) is -3.20. The molecule has 0 spiro atoms. The number of para-hydroxylation sites is 1. The molecular formula is C51H37N2OP. The molecule has 0 aliphatic carbocycles. The van der Waals surface area contributed by atoms with Gasteiger partial charge in [-0.3, -0.25) is 0 Å². The first-order valence-corrected chi connectivity index (χ1v) is 20.6. The first kappa shape index (κ1) is 33.0. The number of aromatic nitrogens is 2. The summed E-state index contributed by atoms with van der Waals surface area (Å²) in [6.07, 6.45) is 0. The van der Waals surface area contributed by atoms with Crippen LogP contribution in [0.1, 0.15) is 0 Å². The number of nitrogens with zero attached hydrogens (tertiary/aromatic N) is 2. The topological polar surface area (TPSA) is 38.1 Å². The van der Waals surface area contributed by atoms with Crippen LogP contribution in [-0.4, -0.2) is 14.7 Å². The second-order valence-electron chi connectivity index (χ2n) is 14.1. The van der Waals surface area contributed by atoms with Crippen molar-refractivity contribution < 1.29 is 4.89 Å². The van der Waals surface area contributed by atoms with Gasteiger partial charge in [0.2, 0.25) is 0 Å². The van der Waals surface area contributed by atoms with Gasteiger partial charge in [-0.05, 0) is 34.7 Å². The number of rotatable bonds is 7. The van der Waals surface area contributed by atoms with Gasteiger partial charge < -0.3 is 0 Å². The first-order chi connectivity index (χ1) is 27.1. The van der Waals surface area contributed by atoms with Gasteiger partial charge in [0.05, 0.1) is 11.2 Å². The maximum atomic E-state index is 12.5. The van der Waals surface area contributed by atoms with Crippen LogP contribution in [0.3, 0.4) is 0 Å². The normalized spacial score (nSPS) is 12.0. The fourth-order valence-electron chi connectivity index (χ4n) is 8.12. The fourth-order valence-corrected chi connectivity index (χ4v) is 11.2. The van der Waals surface area contributed by atoms with E-state index in [0.29, 0.717) is 0 Å². The average Bonchev–Trinajstić information content (AvgIpc) is 3.68. The Bertz CT molecular complexity index is 2920. The number of fused-ring (bicyclic) bond motifs is 4. The van der Waals surface area contributed by atoms with Crippen molar-refractivity contribution in [2.75, 3.05) is 0 Å². The zero-order valence-electron chi connectivity index (χ0n) is 30.0. The van der Waals surface area contributed by atoms with E-state index in [1.165, 1.54) is 16.3 Å². The molecule has 262 valence electrons. The zero-order chi connectivity index (χ0) is 36.8. The fraction of sp³-hybridized carbons (Fsp3) is 0. The molecule has 3 nitrogen and oxygen atoms in total. The summed E-state index contributed by atoms with van der Waals surface area (Å²) in [5.74, 6) is 0. The van der Waals surface area contributed by atoms with Crippen molar-refractivity contribution >= 4 is 55.9 Å². The summed E-state index contributed by atoms with van der Waals surface area (Å²) in [5.41, 5.74) is 8.75. The van der Waals surface area contributed by atoms with Gasteiger partial charge in [-0.15, -0.1) is 0 Å². The maximum absolute atomic E-state index is 12.5.